The van der Waals surface area contributed by atoms with E-state index < -0.39 is 11.5 Å². The average Bonchev–Trinajstić information content (AvgIpc) is 2.64. The van der Waals surface area contributed by atoms with Crippen molar-refractivity contribution in [2.75, 3.05) is 7.05 Å². The van der Waals surface area contributed by atoms with Crippen molar-refractivity contribution in [1.29, 1.82) is 0 Å². The van der Waals surface area contributed by atoms with Crippen molar-refractivity contribution in [2.24, 2.45) is 0 Å². The lowest BCUT2D eigenvalue weighted by atomic mass is 10.4. The number of hydrogen-bond donors (Lipinski definition) is 0. The number of amides is 2. The van der Waals surface area contributed by atoms with E-state index in [1.165, 1.54) is 13.2 Å². The van der Waals surface area contributed by atoms with Gasteiger partial charge in [0.1, 0.15) is 0 Å². The third-order valence-corrected chi connectivity index (χ3v) is 2.10. The predicted octanol–water partition coefficient (Wildman–Crippen LogP) is 2.25. The van der Waals surface area contributed by atoms with Crippen LogP contribution in [-0.2, 0) is 0 Å². The van der Waals surface area contributed by atoms with Crippen molar-refractivity contribution in [3.63, 3.8) is 0 Å². The van der Waals surface area contributed by atoms with Crippen LogP contribution in [0.2, 0.25) is 0 Å². The lowest BCUT2D eigenvalue weighted by Gasteiger charge is -2.09. The van der Waals surface area contributed by atoms with E-state index in [2.05, 4.69) is 5.10 Å². The fraction of sp³-hybridized carbons (Fsp3) is 0.444. The van der Waals surface area contributed by atoms with Crippen molar-refractivity contribution in [3.8, 4) is 5.75 Å². The van der Waals surface area contributed by atoms with Gasteiger partial charge in [-0.15, -0.1) is 0 Å². The van der Waals surface area contributed by atoms with Gasteiger partial charge < -0.3 is 4.74 Å². The highest BCUT2D eigenvalue weighted by atomic mass is 35.5. The Hall–Kier alpha value is -1.56. The zero-order valence-electron chi connectivity index (χ0n) is 9.18. The smallest absolute Gasteiger partial charge is 0.407 e. The molecule has 0 radical (unpaired) electrons. The van der Waals surface area contributed by atoms with E-state index in [-0.39, 0.29) is 11.8 Å². The molecule has 1 aromatic heterocycles. The monoisotopic (exact) mass is 245 g/mol. The van der Waals surface area contributed by atoms with Crippen LogP contribution >= 0.6 is 11.6 Å². The molecule has 1 rings (SSSR count). The zero-order chi connectivity index (χ0) is 12.3. The van der Waals surface area contributed by atoms with Crippen molar-refractivity contribution in [2.45, 2.75) is 19.9 Å². The summed E-state index contributed by atoms with van der Waals surface area (Å²) in [5, 5.41) is 3.07. The maximum Gasteiger partial charge on any atom is 0.422 e. The number of carbonyl (C=O) groups excluding carboxylic acids is 2. The lowest BCUT2D eigenvalue weighted by molar-refractivity contribution is 0.170. The van der Waals surface area contributed by atoms with Gasteiger partial charge in [0.15, 0.2) is 5.75 Å². The van der Waals surface area contributed by atoms with Gasteiger partial charge in [-0.05, 0) is 25.4 Å². The van der Waals surface area contributed by atoms with Crippen molar-refractivity contribution < 1.29 is 14.3 Å². The molecule has 2 amide bonds. The van der Waals surface area contributed by atoms with Gasteiger partial charge in [0.05, 0.1) is 12.4 Å². The molecule has 6 nitrogen and oxygen atoms in total. The fourth-order valence-corrected chi connectivity index (χ4v) is 0.966. The average molecular weight is 246 g/mol. The van der Waals surface area contributed by atoms with Crippen LogP contribution in [0.25, 0.3) is 0 Å². The molecule has 7 heteroatoms. The molecule has 0 aliphatic rings. The van der Waals surface area contributed by atoms with E-state index in [1.54, 1.807) is 10.9 Å². The van der Waals surface area contributed by atoms with E-state index in [1.807, 2.05) is 13.8 Å². The van der Waals surface area contributed by atoms with Gasteiger partial charge in [0.2, 0.25) is 0 Å². The van der Waals surface area contributed by atoms with Crippen LogP contribution in [0.15, 0.2) is 12.4 Å². The highest BCUT2D eigenvalue weighted by Gasteiger charge is 2.17. The number of imide groups is 1. The standard InChI is InChI=1S/C9H12ClN3O3/c1-6(2)13-5-7(4-11-13)16-9(15)12(3)8(10)14/h4-6H,1-3H3. The van der Waals surface area contributed by atoms with E-state index in [0.29, 0.717) is 4.90 Å². The Balaban J connectivity index is 2.66. The van der Waals surface area contributed by atoms with Gasteiger partial charge >= 0.3 is 11.5 Å². The number of nitrogens with zero attached hydrogens (tertiary/aromatic N) is 3. The first kappa shape index (κ1) is 12.5. The highest BCUT2D eigenvalue weighted by molar-refractivity contribution is 6.63. The zero-order valence-corrected chi connectivity index (χ0v) is 9.93. The minimum atomic E-state index is -0.902. The van der Waals surface area contributed by atoms with E-state index in [0.717, 1.165) is 0 Å². The van der Waals surface area contributed by atoms with E-state index in [4.69, 9.17) is 16.3 Å². The number of ether oxygens (including phenoxy) is 1. The molecule has 0 aliphatic carbocycles. The lowest BCUT2D eigenvalue weighted by Crippen LogP contribution is -2.31. The first-order chi connectivity index (χ1) is 7.41. The Morgan fingerprint density at radius 3 is 2.62 bits per heavy atom. The second-order valence-electron chi connectivity index (χ2n) is 3.43. The van der Waals surface area contributed by atoms with Crippen LogP contribution < -0.4 is 4.74 Å². The second kappa shape index (κ2) is 4.98. The van der Waals surface area contributed by atoms with Gasteiger partial charge in [0.25, 0.3) is 0 Å². The molecule has 0 N–H and O–H groups in total. The third kappa shape index (κ3) is 2.96. The summed E-state index contributed by atoms with van der Waals surface area (Å²) in [5.41, 5.74) is 0. The minimum absolute atomic E-state index is 0.167. The van der Waals surface area contributed by atoms with Gasteiger partial charge in [-0.1, -0.05) is 0 Å². The Bertz CT molecular complexity index is 402. The molecular weight excluding hydrogens is 234 g/mol. The van der Waals surface area contributed by atoms with E-state index >= 15 is 0 Å². The summed E-state index contributed by atoms with van der Waals surface area (Å²) in [4.78, 5) is 22.6. The second-order valence-corrected chi connectivity index (χ2v) is 3.75. The maximum atomic E-state index is 11.3. The van der Waals surface area contributed by atoms with Crippen LogP contribution in [-0.4, -0.2) is 33.2 Å². The SMILES string of the molecule is CC(C)n1cc(OC(=O)N(C)C(=O)Cl)cn1. The van der Waals surface area contributed by atoms with Crippen molar-refractivity contribution >= 4 is 23.1 Å². The molecule has 88 valence electrons. The molecule has 0 fully saturated rings. The van der Waals surface area contributed by atoms with Crippen LogP contribution in [0, 0.1) is 0 Å². The Morgan fingerprint density at radius 2 is 2.19 bits per heavy atom. The van der Waals surface area contributed by atoms with Crippen LogP contribution in [0.3, 0.4) is 0 Å². The summed E-state index contributed by atoms with van der Waals surface area (Å²) in [6, 6.07) is 0.167. The molecule has 0 aromatic carbocycles. The first-order valence-electron chi connectivity index (χ1n) is 4.61. The van der Waals surface area contributed by atoms with Gasteiger partial charge in [-0.25, -0.2) is 9.69 Å². The fourth-order valence-electron chi connectivity index (χ4n) is 0.897. The van der Waals surface area contributed by atoms with Crippen LogP contribution in [0.5, 0.6) is 5.75 Å². The molecule has 0 saturated carbocycles. The normalized spacial score (nSPS) is 10.3. The molecule has 0 atom stereocenters. The first-order valence-corrected chi connectivity index (χ1v) is 4.98. The van der Waals surface area contributed by atoms with Crippen LogP contribution in [0.1, 0.15) is 19.9 Å². The van der Waals surface area contributed by atoms with Crippen molar-refractivity contribution in [1.82, 2.24) is 14.7 Å². The summed E-state index contributed by atoms with van der Waals surface area (Å²) in [6.07, 6.45) is 2.11. The summed E-state index contributed by atoms with van der Waals surface area (Å²) in [6.45, 7) is 3.88. The summed E-state index contributed by atoms with van der Waals surface area (Å²) < 4.78 is 6.50. The Kier molecular flexibility index (Phi) is 3.89. The molecule has 16 heavy (non-hydrogen) atoms. The largest absolute Gasteiger partial charge is 0.422 e. The molecule has 1 heterocycles. The molecule has 0 aliphatic heterocycles. The summed E-state index contributed by atoms with van der Waals surface area (Å²) in [7, 11) is 1.23. The number of carbonyl (C=O) groups is 2. The highest BCUT2D eigenvalue weighted by Crippen LogP contribution is 2.13. The van der Waals surface area contributed by atoms with Gasteiger partial charge in [-0.3, -0.25) is 9.48 Å². The third-order valence-electron chi connectivity index (χ3n) is 1.85. The summed E-state index contributed by atoms with van der Waals surface area (Å²) in [5.74, 6) is 0.267. The molecule has 0 unspecified atom stereocenters. The van der Waals surface area contributed by atoms with E-state index in [9.17, 15) is 9.59 Å². The van der Waals surface area contributed by atoms with Crippen molar-refractivity contribution in [3.05, 3.63) is 12.4 Å². The summed E-state index contributed by atoms with van der Waals surface area (Å²) >= 11 is 5.11. The topological polar surface area (TPSA) is 64.4 Å². The molecule has 0 saturated heterocycles. The Labute approximate surface area is 97.7 Å². The quantitative estimate of drug-likeness (QED) is 0.592. The maximum absolute atomic E-state index is 11.3. The Morgan fingerprint density at radius 1 is 1.56 bits per heavy atom. The predicted molar refractivity (Wildman–Crippen MR) is 57.6 cm³/mol. The number of aromatic nitrogens is 2. The molecule has 0 spiro atoms. The van der Waals surface area contributed by atoms with Gasteiger partial charge in [0, 0.05) is 13.1 Å². The van der Waals surface area contributed by atoms with Crippen LogP contribution in [0.4, 0.5) is 9.59 Å². The molecular formula is C9H12ClN3O3. The number of halogens is 1. The van der Waals surface area contributed by atoms with Gasteiger partial charge in [-0.2, -0.15) is 5.10 Å². The molecule has 1 aromatic rings. The molecule has 0 bridgehead atoms. The minimum Gasteiger partial charge on any atom is -0.407 e. The number of rotatable bonds is 2. The number of hydrogen-bond acceptors (Lipinski definition) is 4.